The van der Waals surface area contributed by atoms with E-state index in [2.05, 4.69) is 5.32 Å². The SMILES string of the molecule is CCOC(=O)c1c(-c2cccs2)csc1NC(=O)COC(=O)c1ccc([N+](=O)[O-])o1. The van der Waals surface area contributed by atoms with Crippen molar-refractivity contribution in [3.63, 3.8) is 0 Å². The third-order valence-electron chi connectivity index (χ3n) is 3.62. The summed E-state index contributed by atoms with van der Waals surface area (Å²) >= 11 is 2.57. The number of hydrogen-bond donors (Lipinski definition) is 1. The fraction of sp³-hybridized carbons (Fsp3) is 0.167. The van der Waals surface area contributed by atoms with Crippen LogP contribution in [0.25, 0.3) is 10.4 Å². The molecule has 1 amide bonds. The van der Waals surface area contributed by atoms with E-state index in [0.717, 1.165) is 28.3 Å². The van der Waals surface area contributed by atoms with Gasteiger partial charge in [-0.2, -0.15) is 0 Å². The minimum absolute atomic E-state index is 0.166. The lowest BCUT2D eigenvalue weighted by Gasteiger charge is -2.08. The van der Waals surface area contributed by atoms with Crippen molar-refractivity contribution in [1.82, 2.24) is 0 Å². The zero-order valence-corrected chi connectivity index (χ0v) is 17.0. The highest BCUT2D eigenvalue weighted by molar-refractivity contribution is 7.17. The van der Waals surface area contributed by atoms with E-state index >= 15 is 0 Å². The van der Waals surface area contributed by atoms with Gasteiger partial charge in [-0.05, 0) is 24.4 Å². The topological polar surface area (TPSA) is 138 Å². The Morgan fingerprint density at radius 2 is 1.97 bits per heavy atom. The number of anilines is 1. The number of ether oxygens (including phenoxy) is 2. The van der Waals surface area contributed by atoms with Gasteiger partial charge in [0.2, 0.25) is 5.76 Å². The molecule has 0 unspecified atom stereocenters. The summed E-state index contributed by atoms with van der Waals surface area (Å²) in [6.45, 7) is 1.16. The van der Waals surface area contributed by atoms with Gasteiger partial charge in [0.1, 0.15) is 15.5 Å². The minimum Gasteiger partial charge on any atom is -0.462 e. The van der Waals surface area contributed by atoms with Crippen LogP contribution >= 0.6 is 22.7 Å². The first kappa shape index (κ1) is 21.2. The maximum absolute atomic E-state index is 12.4. The molecule has 0 radical (unpaired) electrons. The van der Waals surface area contributed by atoms with Crippen molar-refractivity contribution in [3.05, 3.63) is 56.5 Å². The minimum atomic E-state index is -1.03. The molecule has 1 N–H and O–H groups in total. The number of thiophene rings is 2. The largest absolute Gasteiger partial charge is 0.462 e. The van der Waals surface area contributed by atoms with Gasteiger partial charge in [0.25, 0.3) is 5.91 Å². The summed E-state index contributed by atoms with van der Waals surface area (Å²) < 4.78 is 14.6. The summed E-state index contributed by atoms with van der Waals surface area (Å²) in [5, 5.41) is 17.0. The Hall–Kier alpha value is -3.51. The number of nitrogens with zero attached hydrogens (tertiary/aromatic N) is 1. The highest BCUT2D eigenvalue weighted by Gasteiger charge is 2.24. The molecule has 0 saturated carbocycles. The molecule has 30 heavy (non-hydrogen) atoms. The lowest BCUT2D eigenvalue weighted by atomic mass is 10.1. The van der Waals surface area contributed by atoms with Gasteiger partial charge in [-0.25, -0.2) is 9.59 Å². The standard InChI is InChI=1S/C18H14N2O8S2/c1-2-26-18(23)15-10(12-4-3-7-29-12)9-30-16(15)19-13(21)8-27-17(22)11-5-6-14(28-11)20(24)25/h3-7,9H,2,8H2,1H3,(H,19,21). The van der Waals surface area contributed by atoms with E-state index in [1.807, 2.05) is 17.5 Å². The Kier molecular flexibility index (Phi) is 6.59. The van der Waals surface area contributed by atoms with Crippen LogP contribution in [0.2, 0.25) is 0 Å². The molecule has 156 valence electrons. The van der Waals surface area contributed by atoms with E-state index in [1.54, 1.807) is 12.3 Å². The van der Waals surface area contributed by atoms with Crippen molar-refractivity contribution in [2.75, 3.05) is 18.5 Å². The van der Waals surface area contributed by atoms with E-state index < -0.39 is 41.0 Å². The molecular weight excluding hydrogens is 436 g/mol. The molecule has 0 aliphatic heterocycles. The van der Waals surface area contributed by atoms with Gasteiger partial charge in [-0.1, -0.05) is 6.07 Å². The highest BCUT2D eigenvalue weighted by atomic mass is 32.1. The Morgan fingerprint density at radius 3 is 2.60 bits per heavy atom. The van der Waals surface area contributed by atoms with Gasteiger partial charge in [0, 0.05) is 15.8 Å². The molecule has 3 aromatic rings. The molecule has 3 heterocycles. The maximum atomic E-state index is 12.4. The van der Waals surface area contributed by atoms with Gasteiger partial charge >= 0.3 is 17.8 Å². The molecule has 0 bridgehead atoms. The van der Waals surface area contributed by atoms with Crippen molar-refractivity contribution in [2.24, 2.45) is 0 Å². The van der Waals surface area contributed by atoms with Gasteiger partial charge < -0.3 is 19.2 Å². The molecule has 0 atom stereocenters. The quantitative estimate of drug-likeness (QED) is 0.309. The summed E-state index contributed by atoms with van der Waals surface area (Å²) in [7, 11) is 0. The molecule has 0 aliphatic rings. The van der Waals surface area contributed by atoms with E-state index in [-0.39, 0.29) is 17.2 Å². The van der Waals surface area contributed by atoms with Gasteiger partial charge in [-0.3, -0.25) is 14.9 Å². The van der Waals surface area contributed by atoms with Crippen molar-refractivity contribution in [3.8, 4) is 10.4 Å². The molecule has 0 aromatic carbocycles. The van der Waals surface area contributed by atoms with Gasteiger partial charge in [0.15, 0.2) is 6.61 Å². The predicted octanol–water partition coefficient (Wildman–Crippen LogP) is 3.95. The average molecular weight is 450 g/mol. The van der Waals surface area contributed by atoms with Crippen LogP contribution in [-0.2, 0) is 14.3 Å². The molecule has 0 fully saturated rings. The number of nitrogens with one attached hydrogen (secondary N) is 1. The van der Waals surface area contributed by atoms with Crippen molar-refractivity contribution in [1.29, 1.82) is 0 Å². The van der Waals surface area contributed by atoms with E-state index in [9.17, 15) is 24.5 Å². The third kappa shape index (κ3) is 4.72. The molecule has 12 heteroatoms. The summed E-state index contributed by atoms with van der Waals surface area (Å²) in [5.41, 5.74) is 0.842. The summed E-state index contributed by atoms with van der Waals surface area (Å²) in [6.07, 6.45) is 0. The van der Waals surface area contributed by atoms with E-state index in [4.69, 9.17) is 13.9 Å². The predicted molar refractivity (Wildman–Crippen MR) is 108 cm³/mol. The second kappa shape index (κ2) is 9.33. The van der Waals surface area contributed by atoms with Gasteiger partial charge in [-0.15, -0.1) is 22.7 Å². The zero-order valence-electron chi connectivity index (χ0n) is 15.4. The fourth-order valence-electron chi connectivity index (χ4n) is 2.37. The molecule has 10 nitrogen and oxygen atoms in total. The third-order valence-corrected chi connectivity index (χ3v) is 5.42. The lowest BCUT2D eigenvalue weighted by Crippen LogP contribution is -2.21. The number of carbonyl (C=O) groups is 3. The summed E-state index contributed by atoms with van der Waals surface area (Å²) in [5.74, 6) is -3.34. The molecule has 0 saturated heterocycles. The molecule has 0 aliphatic carbocycles. The smallest absolute Gasteiger partial charge is 0.433 e. The molecule has 3 aromatic heterocycles. The molecule has 0 spiro atoms. The highest BCUT2D eigenvalue weighted by Crippen LogP contribution is 2.38. The van der Waals surface area contributed by atoms with Crippen molar-refractivity contribution in [2.45, 2.75) is 6.92 Å². The lowest BCUT2D eigenvalue weighted by molar-refractivity contribution is -0.402. The van der Waals surface area contributed by atoms with Crippen molar-refractivity contribution < 1.29 is 33.2 Å². The van der Waals surface area contributed by atoms with Crippen LogP contribution in [0, 0.1) is 10.1 Å². The van der Waals surface area contributed by atoms with E-state index in [1.165, 1.54) is 11.3 Å². The van der Waals surface area contributed by atoms with Crippen LogP contribution < -0.4 is 5.32 Å². The van der Waals surface area contributed by atoms with Crippen LogP contribution in [0.5, 0.6) is 0 Å². The van der Waals surface area contributed by atoms with Crippen LogP contribution in [0.3, 0.4) is 0 Å². The Labute approximate surface area is 177 Å². The fourth-order valence-corrected chi connectivity index (χ4v) is 4.16. The van der Waals surface area contributed by atoms with Crippen LogP contribution in [0.4, 0.5) is 10.9 Å². The summed E-state index contributed by atoms with van der Waals surface area (Å²) in [4.78, 5) is 47.1. The normalized spacial score (nSPS) is 10.4. The molecule has 3 rings (SSSR count). The number of esters is 2. The van der Waals surface area contributed by atoms with Crippen molar-refractivity contribution >= 4 is 51.4 Å². The Morgan fingerprint density at radius 1 is 1.17 bits per heavy atom. The first-order chi connectivity index (χ1) is 14.4. The number of hydrogen-bond acceptors (Lipinski definition) is 10. The number of amides is 1. The van der Waals surface area contributed by atoms with Crippen LogP contribution in [0.1, 0.15) is 27.8 Å². The number of rotatable bonds is 8. The number of furan rings is 1. The van der Waals surface area contributed by atoms with Gasteiger partial charge in [0.05, 0.1) is 12.7 Å². The summed E-state index contributed by atoms with van der Waals surface area (Å²) in [6, 6.07) is 5.75. The van der Waals surface area contributed by atoms with Crippen LogP contribution in [-0.4, -0.2) is 36.0 Å². The average Bonchev–Trinajstić information content (AvgIpc) is 3.45. The number of nitro groups is 1. The zero-order chi connectivity index (χ0) is 21.7. The first-order valence-electron chi connectivity index (χ1n) is 8.44. The second-order valence-corrected chi connectivity index (χ2v) is 7.40. The monoisotopic (exact) mass is 450 g/mol. The molecular formula is C18H14N2O8S2. The second-order valence-electron chi connectivity index (χ2n) is 5.57. The van der Waals surface area contributed by atoms with E-state index in [0.29, 0.717) is 5.56 Å². The van der Waals surface area contributed by atoms with Crippen LogP contribution in [0.15, 0.2) is 39.4 Å². The number of carbonyl (C=O) groups excluding carboxylic acids is 3. The maximum Gasteiger partial charge on any atom is 0.433 e. The Balaban J connectivity index is 1.69. The Bertz CT molecular complexity index is 1080. The first-order valence-corrected chi connectivity index (χ1v) is 10.2.